The lowest BCUT2D eigenvalue weighted by atomic mass is 9.92. The number of ketones is 1. The molecular weight excluding hydrogens is 348 g/mol. The SMILES string of the molecule is O=C(CN1C(=O)N[C@@]2(CCc3ccccc32)C1=O)c1ccc(Cl)s1. The number of halogens is 1. The van der Waals surface area contributed by atoms with Gasteiger partial charge >= 0.3 is 6.03 Å². The minimum atomic E-state index is -1.03. The maximum atomic E-state index is 12.9. The van der Waals surface area contributed by atoms with E-state index in [-0.39, 0.29) is 18.2 Å². The summed E-state index contributed by atoms with van der Waals surface area (Å²) in [4.78, 5) is 39.1. The molecule has 4 rings (SSSR count). The van der Waals surface area contributed by atoms with E-state index in [0.29, 0.717) is 15.6 Å². The van der Waals surface area contributed by atoms with Crippen molar-refractivity contribution >= 4 is 40.7 Å². The van der Waals surface area contributed by atoms with Crippen LogP contribution in [0, 0.1) is 0 Å². The van der Waals surface area contributed by atoms with Crippen LogP contribution in [0.15, 0.2) is 36.4 Å². The molecule has 2 aliphatic rings. The number of aryl methyl sites for hydroxylation is 1. The molecule has 1 atom stereocenters. The summed E-state index contributed by atoms with van der Waals surface area (Å²) < 4.78 is 0.497. The molecule has 0 unspecified atom stereocenters. The second-order valence-corrected chi connectivity index (χ2v) is 7.63. The van der Waals surface area contributed by atoms with Crippen molar-refractivity contribution in [3.05, 3.63) is 56.7 Å². The van der Waals surface area contributed by atoms with Crippen molar-refractivity contribution in [2.45, 2.75) is 18.4 Å². The number of thiophene rings is 1. The van der Waals surface area contributed by atoms with Crippen molar-refractivity contribution in [2.75, 3.05) is 6.54 Å². The molecule has 1 aliphatic carbocycles. The van der Waals surface area contributed by atoms with Gasteiger partial charge in [0, 0.05) is 0 Å². The van der Waals surface area contributed by atoms with Gasteiger partial charge in [0.2, 0.25) is 0 Å². The molecule has 7 heteroatoms. The Morgan fingerprint density at radius 1 is 1.25 bits per heavy atom. The van der Waals surface area contributed by atoms with Crippen molar-refractivity contribution in [3.8, 4) is 0 Å². The predicted molar refractivity (Wildman–Crippen MR) is 90.3 cm³/mol. The number of rotatable bonds is 3. The van der Waals surface area contributed by atoms with Gasteiger partial charge in [-0.2, -0.15) is 0 Å². The minimum absolute atomic E-state index is 0.272. The van der Waals surface area contributed by atoms with Crippen molar-refractivity contribution in [2.24, 2.45) is 0 Å². The van der Waals surface area contributed by atoms with Crippen LogP contribution < -0.4 is 5.32 Å². The first kappa shape index (κ1) is 15.4. The summed E-state index contributed by atoms with van der Waals surface area (Å²) in [5.74, 6) is -0.646. The molecular formula is C17H13ClN2O3S. The zero-order chi connectivity index (χ0) is 16.9. The Bertz CT molecular complexity index is 878. The number of urea groups is 1. The lowest BCUT2D eigenvalue weighted by Gasteiger charge is -2.22. The molecule has 1 aromatic heterocycles. The maximum Gasteiger partial charge on any atom is 0.325 e. The van der Waals surface area contributed by atoms with Gasteiger partial charge in [0.15, 0.2) is 5.78 Å². The number of Topliss-reactive ketones (excluding diaryl/α,β-unsaturated/α-hetero) is 1. The zero-order valence-electron chi connectivity index (χ0n) is 12.5. The fourth-order valence-corrected chi connectivity index (χ4v) is 4.39. The zero-order valence-corrected chi connectivity index (χ0v) is 14.1. The number of fused-ring (bicyclic) bond motifs is 2. The molecule has 122 valence electrons. The second kappa shape index (κ2) is 5.43. The first-order valence-corrected chi connectivity index (χ1v) is 8.72. The number of hydrogen-bond donors (Lipinski definition) is 1. The van der Waals surface area contributed by atoms with Crippen LogP contribution in [0.3, 0.4) is 0 Å². The van der Waals surface area contributed by atoms with Gasteiger partial charge in [-0.15, -0.1) is 11.3 Å². The van der Waals surface area contributed by atoms with E-state index < -0.39 is 11.6 Å². The summed E-state index contributed by atoms with van der Waals surface area (Å²) in [6, 6.07) is 10.3. The summed E-state index contributed by atoms with van der Waals surface area (Å²) >= 11 is 6.98. The van der Waals surface area contributed by atoms with Crippen molar-refractivity contribution < 1.29 is 14.4 Å². The maximum absolute atomic E-state index is 12.9. The molecule has 3 amide bonds. The van der Waals surface area contributed by atoms with Gasteiger partial charge in [-0.05, 0) is 36.1 Å². The monoisotopic (exact) mass is 360 g/mol. The molecule has 1 aliphatic heterocycles. The fraction of sp³-hybridized carbons (Fsp3) is 0.235. The standard InChI is InChI=1S/C17H13ClN2O3S/c18-14-6-5-13(24-14)12(21)9-20-15(22)17(19-16(20)23)8-7-10-3-1-2-4-11(10)17/h1-6H,7-9H2,(H,19,23)/t17-/m1/s1. The normalized spacial score (nSPS) is 22.1. The Morgan fingerprint density at radius 2 is 2.04 bits per heavy atom. The van der Waals surface area contributed by atoms with E-state index >= 15 is 0 Å². The van der Waals surface area contributed by atoms with Gasteiger partial charge in [0.25, 0.3) is 5.91 Å². The highest BCUT2D eigenvalue weighted by atomic mass is 35.5. The second-order valence-electron chi connectivity index (χ2n) is 5.91. The number of benzene rings is 1. The van der Waals surface area contributed by atoms with Crippen LogP contribution >= 0.6 is 22.9 Å². The van der Waals surface area contributed by atoms with Crippen LogP contribution in [0.1, 0.15) is 27.2 Å². The molecule has 1 fully saturated rings. The average Bonchev–Trinajstić information content (AvgIpc) is 3.22. The number of imide groups is 1. The van der Waals surface area contributed by atoms with Gasteiger partial charge in [-0.1, -0.05) is 35.9 Å². The predicted octanol–water partition coefficient (Wildman–Crippen LogP) is 2.98. The van der Waals surface area contributed by atoms with E-state index in [4.69, 9.17) is 11.6 Å². The molecule has 1 N–H and O–H groups in total. The molecule has 5 nitrogen and oxygen atoms in total. The van der Waals surface area contributed by atoms with E-state index in [9.17, 15) is 14.4 Å². The van der Waals surface area contributed by atoms with Crippen LogP contribution in [0.2, 0.25) is 4.34 Å². The van der Waals surface area contributed by atoms with Gasteiger partial charge in [-0.3, -0.25) is 14.5 Å². The van der Waals surface area contributed by atoms with E-state index in [0.717, 1.165) is 33.8 Å². The highest BCUT2D eigenvalue weighted by molar-refractivity contribution is 7.18. The van der Waals surface area contributed by atoms with Gasteiger partial charge < -0.3 is 5.32 Å². The molecule has 0 saturated carbocycles. The number of amides is 3. The first-order valence-electron chi connectivity index (χ1n) is 7.52. The van der Waals surface area contributed by atoms with Gasteiger partial charge in [-0.25, -0.2) is 4.79 Å². The summed E-state index contributed by atoms with van der Waals surface area (Å²) in [5, 5.41) is 2.81. The molecule has 24 heavy (non-hydrogen) atoms. The topological polar surface area (TPSA) is 66.5 Å². The van der Waals surface area contributed by atoms with E-state index in [1.54, 1.807) is 12.1 Å². The molecule has 1 spiro atoms. The fourth-order valence-electron chi connectivity index (χ4n) is 3.42. The quantitative estimate of drug-likeness (QED) is 0.676. The third-order valence-electron chi connectivity index (χ3n) is 4.57. The number of carbonyl (C=O) groups excluding carboxylic acids is 3. The molecule has 2 heterocycles. The van der Waals surface area contributed by atoms with Crippen LogP contribution in [-0.4, -0.2) is 29.2 Å². The summed E-state index contributed by atoms with van der Waals surface area (Å²) in [6.45, 7) is -0.272. The highest BCUT2D eigenvalue weighted by Crippen LogP contribution is 2.41. The summed E-state index contributed by atoms with van der Waals surface area (Å²) in [5.41, 5.74) is 0.864. The number of nitrogens with one attached hydrogen (secondary N) is 1. The summed E-state index contributed by atoms with van der Waals surface area (Å²) in [7, 11) is 0. The van der Waals surface area contributed by atoms with E-state index in [1.165, 1.54) is 0 Å². The molecule has 0 radical (unpaired) electrons. The molecule has 0 bridgehead atoms. The Kier molecular flexibility index (Phi) is 3.47. The lowest BCUT2D eigenvalue weighted by molar-refractivity contribution is -0.131. The largest absolute Gasteiger partial charge is 0.325 e. The average molecular weight is 361 g/mol. The number of carbonyl (C=O) groups is 3. The van der Waals surface area contributed by atoms with Crippen molar-refractivity contribution in [1.29, 1.82) is 0 Å². The Balaban J connectivity index is 1.62. The van der Waals surface area contributed by atoms with E-state index in [2.05, 4.69) is 5.32 Å². The first-order chi connectivity index (χ1) is 11.5. The third kappa shape index (κ3) is 2.17. The molecule has 1 aromatic carbocycles. The smallest absolute Gasteiger partial charge is 0.319 e. The Labute approximate surface area is 147 Å². The number of hydrogen-bond acceptors (Lipinski definition) is 4. The van der Waals surface area contributed by atoms with Gasteiger partial charge in [0.1, 0.15) is 5.54 Å². The van der Waals surface area contributed by atoms with Gasteiger partial charge in [0.05, 0.1) is 15.8 Å². The molecule has 2 aromatic rings. The lowest BCUT2D eigenvalue weighted by Crippen LogP contribution is -2.42. The Hall–Kier alpha value is -2.18. The van der Waals surface area contributed by atoms with E-state index in [1.807, 2.05) is 24.3 Å². The summed E-state index contributed by atoms with van der Waals surface area (Å²) in [6.07, 6.45) is 1.25. The highest BCUT2D eigenvalue weighted by Gasteiger charge is 2.55. The van der Waals surface area contributed by atoms with Crippen molar-refractivity contribution in [3.63, 3.8) is 0 Å². The van der Waals surface area contributed by atoms with Crippen LogP contribution in [0.25, 0.3) is 0 Å². The van der Waals surface area contributed by atoms with Crippen LogP contribution in [-0.2, 0) is 16.8 Å². The third-order valence-corrected chi connectivity index (χ3v) is 5.84. The number of nitrogens with zero attached hydrogens (tertiary/aromatic N) is 1. The van der Waals surface area contributed by atoms with Crippen molar-refractivity contribution in [1.82, 2.24) is 10.2 Å². The molecule has 1 saturated heterocycles. The Morgan fingerprint density at radius 3 is 2.79 bits per heavy atom. The minimum Gasteiger partial charge on any atom is -0.319 e. The van der Waals surface area contributed by atoms with Crippen LogP contribution in [0.4, 0.5) is 4.79 Å². The van der Waals surface area contributed by atoms with Crippen LogP contribution in [0.5, 0.6) is 0 Å².